The Labute approximate surface area is 124 Å². The lowest BCUT2D eigenvalue weighted by Crippen LogP contribution is -2.20. The summed E-state index contributed by atoms with van der Waals surface area (Å²) in [6.45, 7) is 7.90. The molecule has 0 spiro atoms. The van der Waals surface area contributed by atoms with Crippen LogP contribution in [0.15, 0.2) is 0 Å². The predicted molar refractivity (Wildman–Crippen MR) is 83.0 cm³/mol. The molecule has 8 nitrogen and oxygen atoms in total. The smallest absolute Gasteiger partial charge is 0.332 e. The van der Waals surface area contributed by atoms with Crippen LogP contribution in [0.5, 0.6) is 0 Å². The van der Waals surface area contributed by atoms with Crippen molar-refractivity contribution >= 4 is 17.5 Å². The Morgan fingerprint density at radius 2 is 1.95 bits per heavy atom. The normalized spacial score (nSPS) is 12.3. The van der Waals surface area contributed by atoms with E-state index in [1.165, 1.54) is 0 Å². The van der Waals surface area contributed by atoms with Crippen LogP contribution >= 0.6 is 0 Å². The number of nitrogens with one attached hydrogen (secondary N) is 2. The number of aryl methyl sites for hydroxylation is 1. The number of rotatable bonds is 8. The molecule has 0 saturated heterocycles. The molecule has 0 aliphatic heterocycles. The third kappa shape index (κ3) is 5.14. The molecule has 1 rings (SSSR count). The van der Waals surface area contributed by atoms with Gasteiger partial charge in [-0.3, -0.25) is 15.5 Å². The molecule has 0 radical (unpaired) electrons. The molecule has 0 aliphatic rings. The van der Waals surface area contributed by atoms with E-state index in [2.05, 4.69) is 34.6 Å². The molecule has 1 unspecified atom stereocenters. The largest absolute Gasteiger partial charge is 0.362 e. The second-order valence-corrected chi connectivity index (χ2v) is 5.60. The minimum Gasteiger partial charge on any atom is -0.362 e. The van der Waals surface area contributed by atoms with Gasteiger partial charge in [-0.25, -0.2) is 10.8 Å². The Morgan fingerprint density at radius 1 is 1.29 bits per heavy atom. The van der Waals surface area contributed by atoms with Gasteiger partial charge < -0.3 is 5.32 Å². The summed E-state index contributed by atoms with van der Waals surface area (Å²) in [4.78, 5) is 18.7. The van der Waals surface area contributed by atoms with Gasteiger partial charge in [-0.05, 0) is 26.2 Å². The number of aromatic nitrogens is 2. The van der Waals surface area contributed by atoms with E-state index in [4.69, 9.17) is 5.84 Å². The highest BCUT2D eigenvalue weighted by Crippen LogP contribution is 2.27. The van der Waals surface area contributed by atoms with Crippen molar-refractivity contribution in [2.45, 2.75) is 53.0 Å². The van der Waals surface area contributed by atoms with Crippen molar-refractivity contribution in [2.24, 2.45) is 11.8 Å². The third-order valence-corrected chi connectivity index (χ3v) is 3.17. The van der Waals surface area contributed by atoms with Crippen LogP contribution in [0.4, 0.5) is 17.5 Å². The molecule has 1 aromatic heterocycles. The molecule has 118 valence electrons. The lowest BCUT2D eigenvalue weighted by molar-refractivity contribution is -0.385. The van der Waals surface area contributed by atoms with Gasteiger partial charge in [0.1, 0.15) is 5.69 Å². The fourth-order valence-corrected chi connectivity index (χ4v) is 2.09. The van der Waals surface area contributed by atoms with Crippen LogP contribution in [0, 0.1) is 23.0 Å². The first-order valence-electron chi connectivity index (χ1n) is 7.11. The van der Waals surface area contributed by atoms with Crippen molar-refractivity contribution in [3.8, 4) is 0 Å². The molecule has 0 aliphatic carbocycles. The Morgan fingerprint density at radius 3 is 2.48 bits per heavy atom. The van der Waals surface area contributed by atoms with Gasteiger partial charge >= 0.3 is 5.69 Å². The van der Waals surface area contributed by atoms with Crippen LogP contribution in [0.25, 0.3) is 0 Å². The van der Waals surface area contributed by atoms with Gasteiger partial charge in [0, 0.05) is 6.04 Å². The first-order chi connectivity index (χ1) is 9.85. The van der Waals surface area contributed by atoms with E-state index in [-0.39, 0.29) is 29.2 Å². The van der Waals surface area contributed by atoms with Crippen LogP contribution in [0.2, 0.25) is 0 Å². The molecule has 0 fully saturated rings. The van der Waals surface area contributed by atoms with E-state index in [1.54, 1.807) is 6.92 Å². The summed E-state index contributed by atoms with van der Waals surface area (Å²) in [6, 6.07) is 0.0855. The zero-order valence-corrected chi connectivity index (χ0v) is 13.0. The van der Waals surface area contributed by atoms with E-state index < -0.39 is 4.92 Å². The molecule has 21 heavy (non-hydrogen) atoms. The average molecular weight is 296 g/mol. The second-order valence-electron chi connectivity index (χ2n) is 5.60. The maximum Gasteiger partial charge on any atom is 0.332 e. The number of nitrogens with zero attached hydrogens (tertiary/aromatic N) is 3. The van der Waals surface area contributed by atoms with E-state index in [9.17, 15) is 10.1 Å². The number of hydrogen-bond donors (Lipinski definition) is 3. The second kappa shape index (κ2) is 7.72. The van der Waals surface area contributed by atoms with Gasteiger partial charge in [0.15, 0.2) is 0 Å². The summed E-state index contributed by atoms with van der Waals surface area (Å²) in [5.74, 6) is 6.31. The molecule has 0 aromatic carbocycles. The van der Waals surface area contributed by atoms with Gasteiger partial charge in [0.25, 0.3) is 0 Å². The summed E-state index contributed by atoms with van der Waals surface area (Å²) >= 11 is 0. The molecule has 8 heteroatoms. The molecule has 0 bridgehead atoms. The van der Waals surface area contributed by atoms with Crippen molar-refractivity contribution in [2.75, 3.05) is 10.7 Å². The first kappa shape index (κ1) is 17.1. The average Bonchev–Trinajstić information content (AvgIpc) is 2.36. The summed E-state index contributed by atoms with van der Waals surface area (Å²) in [7, 11) is 0. The number of nitrogens with two attached hydrogens (primary N) is 1. The summed E-state index contributed by atoms with van der Waals surface area (Å²) in [6.07, 6.45) is 3.11. The Bertz CT molecular complexity index is 492. The molecule has 1 heterocycles. The summed E-state index contributed by atoms with van der Waals surface area (Å²) in [5, 5.41) is 14.3. The molecule has 4 N–H and O–H groups in total. The van der Waals surface area contributed by atoms with Gasteiger partial charge in [0.2, 0.25) is 11.8 Å². The monoisotopic (exact) mass is 296 g/mol. The fourth-order valence-electron chi connectivity index (χ4n) is 2.09. The number of hydrazine groups is 1. The summed E-state index contributed by atoms with van der Waals surface area (Å²) in [5.41, 5.74) is 2.49. The number of nitrogen functional groups attached to an aromatic ring is 1. The van der Waals surface area contributed by atoms with Gasteiger partial charge in [-0.2, -0.15) is 4.98 Å². The predicted octanol–water partition coefficient (Wildman–Crippen LogP) is 2.61. The molecular weight excluding hydrogens is 272 g/mol. The lowest BCUT2D eigenvalue weighted by atomic mass is 10.0. The lowest BCUT2D eigenvalue weighted by Gasteiger charge is -2.16. The van der Waals surface area contributed by atoms with Crippen molar-refractivity contribution in [1.29, 1.82) is 0 Å². The summed E-state index contributed by atoms with van der Waals surface area (Å²) < 4.78 is 0. The standard InChI is InChI=1S/C13H24N6O2/c1-8(2)6-5-7-9(3)15-12-11(19(20)21)10(4)16-13(17-12)18-14/h8-9H,5-7,14H2,1-4H3,(H2,15,16,17,18). The minimum absolute atomic E-state index is 0.0855. The zero-order valence-electron chi connectivity index (χ0n) is 13.0. The third-order valence-electron chi connectivity index (χ3n) is 3.17. The molecule has 1 atom stereocenters. The maximum atomic E-state index is 11.2. The van der Waals surface area contributed by atoms with E-state index >= 15 is 0 Å². The quantitative estimate of drug-likeness (QED) is 0.383. The fraction of sp³-hybridized carbons (Fsp3) is 0.692. The number of hydrogen-bond acceptors (Lipinski definition) is 7. The Balaban J connectivity index is 2.85. The van der Waals surface area contributed by atoms with Crippen molar-refractivity contribution in [3.05, 3.63) is 15.8 Å². The van der Waals surface area contributed by atoms with Crippen molar-refractivity contribution in [1.82, 2.24) is 9.97 Å². The van der Waals surface area contributed by atoms with Crippen LogP contribution < -0.4 is 16.6 Å². The van der Waals surface area contributed by atoms with Crippen LogP contribution in [0.1, 0.15) is 45.7 Å². The van der Waals surface area contributed by atoms with Gasteiger partial charge in [-0.15, -0.1) is 0 Å². The van der Waals surface area contributed by atoms with E-state index in [0.717, 1.165) is 19.3 Å². The van der Waals surface area contributed by atoms with Gasteiger partial charge in [-0.1, -0.05) is 26.7 Å². The Kier molecular flexibility index (Phi) is 6.29. The van der Waals surface area contributed by atoms with Crippen molar-refractivity contribution in [3.63, 3.8) is 0 Å². The maximum absolute atomic E-state index is 11.2. The molecular formula is C13H24N6O2. The Hall–Kier alpha value is -1.96. The highest BCUT2D eigenvalue weighted by molar-refractivity contribution is 5.61. The zero-order chi connectivity index (χ0) is 16.0. The topological polar surface area (TPSA) is 119 Å². The number of anilines is 2. The van der Waals surface area contributed by atoms with Crippen LogP contribution in [-0.4, -0.2) is 20.9 Å². The molecule has 0 saturated carbocycles. The first-order valence-corrected chi connectivity index (χ1v) is 7.11. The highest BCUT2D eigenvalue weighted by atomic mass is 16.6. The van der Waals surface area contributed by atoms with Crippen LogP contribution in [0.3, 0.4) is 0 Å². The van der Waals surface area contributed by atoms with Crippen molar-refractivity contribution < 1.29 is 4.92 Å². The van der Waals surface area contributed by atoms with Crippen LogP contribution in [-0.2, 0) is 0 Å². The van der Waals surface area contributed by atoms with E-state index in [0.29, 0.717) is 5.92 Å². The van der Waals surface area contributed by atoms with E-state index in [1.807, 2.05) is 6.92 Å². The van der Waals surface area contributed by atoms with Gasteiger partial charge in [0.05, 0.1) is 4.92 Å². The SMILES string of the molecule is Cc1nc(NN)nc(NC(C)CCCC(C)C)c1[N+](=O)[O-]. The molecule has 1 aromatic rings. The number of nitro groups is 1. The highest BCUT2D eigenvalue weighted by Gasteiger charge is 2.23. The minimum atomic E-state index is -0.473. The molecule has 0 amide bonds.